The van der Waals surface area contributed by atoms with Gasteiger partial charge in [-0.2, -0.15) is 5.10 Å². The fourth-order valence-corrected chi connectivity index (χ4v) is 3.76. The van der Waals surface area contributed by atoms with Gasteiger partial charge in [0.1, 0.15) is 0 Å². The number of thiophene rings is 1. The Morgan fingerprint density at radius 3 is 2.73 bits per heavy atom. The average molecular weight is 362 g/mol. The van der Waals surface area contributed by atoms with Crippen LogP contribution in [0.25, 0.3) is 10.1 Å². The quantitative estimate of drug-likeness (QED) is 0.550. The van der Waals surface area contributed by atoms with E-state index in [9.17, 15) is 4.79 Å². The van der Waals surface area contributed by atoms with Crippen molar-refractivity contribution in [1.29, 1.82) is 0 Å². The van der Waals surface area contributed by atoms with Crippen LogP contribution in [0.2, 0.25) is 0 Å². The fourth-order valence-electron chi connectivity index (χ4n) is 2.80. The first-order valence-corrected chi connectivity index (χ1v) is 9.22. The zero-order chi connectivity index (χ0) is 17.8. The number of nitrogens with zero attached hydrogens (tertiary/aromatic N) is 2. The number of carbonyl (C=O) groups is 1. The number of hydrogen-bond donors (Lipinski definition) is 2. The second kappa shape index (κ2) is 7.41. The van der Waals surface area contributed by atoms with E-state index in [-0.39, 0.29) is 6.03 Å². The summed E-state index contributed by atoms with van der Waals surface area (Å²) in [4.78, 5) is 12.2. The molecule has 5 nitrogen and oxygen atoms in total. The van der Waals surface area contributed by atoms with Crippen molar-refractivity contribution in [1.82, 2.24) is 15.1 Å². The molecule has 0 unspecified atom stereocenters. The van der Waals surface area contributed by atoms with E-state index in [0.717, 1.165) is 16.8 Å². The van der Waals surface area contributed by atoms with Gasteiger partial charge in [-0.25, -0.2) is 4.79 Å². The Morgan fingerprint density at radius 1 is 1.08 bits per heavy atom. The maximum Gasteiger partial charge on any atom is 0.319 e. The van der Waals surface area contributed by atoms with Crippen LogP contribution in [0, 0.1) is 0 Å². The summed E-state index contributed by atoms with van der Waals surface area (Å²) in [5, 5.41) is 13.3. The van der Waals surface area contributed by atoms with Gasteiger partial charge >= 0.3 is 6.03 Å². The Bertz CT molecular complexity index is 1010. The topological polar surface area (TPSA) is 59.0 Å². The monoisotopic (exact) mass is 362 g/mol. The molecule has 2 aromatic carbocycles. The molecule has 2 aromatic heterocycles. The highest BCUT2D eigenvalue weighted by molar-refractivity contribution is 7.17. The molecule has 0 aliphatic carbocycles. The number of carbonyl (C=O) groups excluding carboxylic acids is 1. The number of nitrogens with one attached hydrogen (secondary N) is 2. The number of rotatable bonds is 5. The van der Waals surface area contributed by atoms with Gasteiger partial charge < -0.3 is 10.6 Å². The number of fused-ring (bicyclic) bond motifs is 1. The number of hydrogen-bond acceptors (Lipinski definition) is 3. The lowest BCUT2D eigenvalue weighted by Gasteiger charge is -2.08. The summed E-state index contributed by atoms with van der Waals surface area (Å²) in [6.07, 6.45) is 3.69. The molecule has 26 heavy (non-hydrogen) atoms. The molecule has 0 bridgehead atoms. The summed E-state index contributed by atoms with van der Waals surface area (Å²) in [5.74, 6) is 0. The van der Waals surface area contributed by atoms with E-state index in [4.69, 9.17) is 0 Å². The lowest BCUT2D eigenvalue weighted by molar-refractivity contribution is 0.252. The Hall–Kier alpha value is -3.12. The van der Waals surface area contributed by atoms with Crippen molar-refractivity contribution in [2.45, 2.75) is 13.1 Å². The molecule has 0 spiro atoms. The summed E-state index contributed by atoms with van der Waals surface area (Å²) in [7, 11) is 0. The SMILES string of the molecule is O=C(NCc1csc2ccccc12)Nc1ccc(Cn2cccn2)cc1. The van der Waals surface area contributed by atoms with Crippen LogP contribution in [0.3, 0.4) is 0 Å². The number of amides is 2. The molecule has 2 heterocycles. The third kappa shape index (κ3) is 3.75. The van der Waals surface area contributed by atoms with Crippen LogP contribution < -0.4 is 10.6 Å². The molecule has 0 saturated carbocycles. The molecule has 0 radical (unpaired) electrons. The summed E-state index contributed by atoms with van der Waals surface area (Å²) < 4.78 is 3.10. The van der Waals surface area contributed by atoms with E-state index in [1.54, 1.807) is 17.5 Å². The zero-order valence-electron chi connectivity index (χ0n) is 14.1. The van der Waals surface area contributed by atoms with Crippen LogP contribution in [0.4, 0.5) is 10.5 Å². The first kappa shape index (κ1) is 16.4. The van der Waals surface area contributed by atoms with Gasteiger partial charge in [-0.1, -0.05) is 30.3 Å². The second-order valence-corrected chi connectivity index (χ2v) is 6.88. The second-order valence-electron chi connectivity index (χ2n) is 5.97. The Morgan fingerprint density at radius 2 is 1.92 bits per heavy atom. The molecule has 0 aliphatic heterocycles. The van der Waals surface area contributed by atoms with Crippen LogP contribution in [0.15, 0.2) is 72.4 Å². The highest BCUT2D eigenvalue weighted by atomic mass is 32.1. The molecule has 2 amide bonds. The van der Waals surface area contributed by atoms with Crippen LogP contribution in [-0.2, 0) is 13.1 Å². The molecule has 6 heteroatoms. The number of benzene rings is 2. The molecule has 2 N–H and O–H groups in total. The van der Waals surface area contributed by atoms with Gasteiger partial charge in [0.25, 0.3) is 0 Å². The molecule has 0 fully saturated rings. The lowest BCUT2D eigenvalue weighted by atomic mass is 10.2. The van der Waals surface area contributed by atoms with E-state index >= 15 is 0 Å². The van der Waals surface area contributed by atoms with E-state index in [1.165, 1.54) is 10.1 Å². The minimum atomic E-state index is -0.208. The standard InChI is InChI=1S/C20H18N4OS/c25-20(21-12-16-14-26-19-5-2-1-4-18(16)19)23-17-8-6-15(7-9-17)13-24-11-3-10-22-24/h1-11,14H,12-13H2,(H2,21,23,25). The predicted octanol–water partition coefficient (Wildman–Crippen LogP) is 4.47. The lowest BCUT2D eigenvalue weighted by Crippen LogP contribution is -2.28. The number of anilines is 1. The minimum Gasteiger partial charge on any atom is -0.334 e. The van der Waals surface area contributed by atoms with Crippen molar-refractivity contribution < 1.29 is 4.79 Å². The largest absolute Gasteiger partial charge is 0.334 e. The maximum absolute atomic E-state index is 12.2. The number of urea groups is 1. The van der Waals surface area contributed by atoms with E-state index in [1.807, 2.05) is 53.3 Å². The smallest absolute Gasteiger partial charge is 0.319 e. The molecule has 4 rings (SSSR count). The molecule has 130 valence electrons. The van der Waals surface area contributed by atoms with Gasteiger partial charge in [-0.05, 0) is 46.2 Å². The minimum absolute atomic E-state index is 0.208. The van der Waals surface area contributed by atoms with Crippen molar-refractivity contribution in [3.63, 3.8) is 0 Å². The van der Waals surface area contributed by atoms with Gasteiger partial charge in [0.05, 0.1) is 6.54 Å². The van der Waals surface area contributed by atoms with Crippen molar-refractivity contribution >= 4 is 33.1 Å². The Labute approximate surface area is 155 Å². The first-order chi connectivity index (χ1) is 12.8. The molecular formula is C20H18N4OS. The molecule has 0 aliphatic rings. The van der Waals surface area contributed by atoms with Crippen LogP contribution in [0.1, 0.15) is 11.1 Å². The Kier molecular flexibility index (Phi) is 4.66. The van der Waals surface area contributed by atoms with Crippen LogP contribution in [0.5, 0.6) is 0 Å². The molecular weight excluding hydrogens is 344 g/mol. The zero-order valence-corrected chi connectivity index (χ0v) is 14.9. The summed E-state index contributed by atoms with van der Waals surface area (Å²) in [6, 6.07) is 17.7. The van der Waals surface area contributed by atoms with Gasteiger partial charge in [0.15, 0.2) is 0 Å². The highest BCUT2D eigenvalue weighted by Gasteiger charge is 2.06. The van der Waals surface area contributed by atoms with E-state index < -0.39 is 0 Å². The first-order valence-electron chi connectivity index (χ1n) is 8.34. The van der Waals surface area contributed by atoms with Gasteiger partial charge in [-0.15, -0.1) is 11.3 Å². The van der Waals surface area contributed by atoms with Crippen LogP contribution >= 0.6 is 11.3 Å². The molecule has 4 aromatic rings. The fraction of sp³-hybridized carbons (Fsp3) is 0.100. The van der Waals surface area contributed by atoms with Crippen molar-refractivity contribution in [3.05, 3.63) is 83.5 Å². The third-order valence-electron chi connectivity index (χ3n) is 4.12. The number of aromatic nitrogens is 2. The van der Waals surface area contributed by atoms with Gasteiger partial charge in [-0.3, -0.25) is 4.68 Å². The normalized spacial score (nSPS) is 10.8. The average Bonchev–Trinajstić information content (AvgIpc) is 3.31. The van der Waals surface area contributed by atoms with Crippen LogP contribution in [-0.4, -0.2) is 15.8 Å². The summed E-state index contributed by atoms with van der Waals surface area (Å²) >= 11 is 1.69. The third-order valence-corrected chi connectivity index (χ3v) is 5.13. The van der Waals surface area contributed by atoms with Crippen molar-refractivity contribution in [2.24, 2.45) is 0 Å². The highest BCUT2D eigenvalue weighted by Crippen LogP contribution is 2.25. The summed E-state index contributed by atoms with van der Waals surface area (Å²) in [5.41, 5.74) is 3.03. The van der Waals surface area contributed by atoms with Crippen molar-refractivity contribution in [2.75, 3.05) is 5.32 Å². The van der Waals surface area contributed by atoms with Gasteiger partial charge in [0, 0.05) is 29.3 Å². The van der Waals surface area contributed by atoms with E-state index in [0.29, 0.717) is 13.1 Å². The summed E-state index contributed by atoms with van der Waals surface area (Å²) in [6.45, 7) is 1.22. The van der Waals surface area contributed by atoms with Gasteiger partial charge in [0.2, 0.25) is 0 Å². The Balaban J connectivity index is 1.33. The molecule has 0 atom stereocenters. The maximum atomic E-state index is 12.2. The van der Waals surface area contributed by atoms with E-state index in [2.05, 4.69) is 33.2 Å². The predicted molar refractivity (Wildman–Crippen MR) is 105 cm³/mol. The van der Waals surface area contributed by atoms with Crippen molar-refractivity contribution in [3.8, 4) is 0 Å². The molecule has 0 saturated heterocycles.